The van der Waals surface area contributed by atoms with Crippen molar-refractivity contribution in [2.45, 2.75) is 26.7 Å². The highest BCUT2D eigenvalue weighted by molar-refractivity contribution is 6.31. The Labute approximate surface area is 87.1 Å². The molecule has 14 heavy (non-hydrogen) atoms. The molecule has 0 fully saturated rings. The van der Waals surface area contributed by atoms with Gasteiger partial charge in [0.15, 0.2) is 5.15 Å². The van der Waals surface area contributed by atoms with Gasteiger partial charge in [-0.05, 0) is 12.8 Å². The van der Waals surface area contributed by atoms with Crippen molar-refractivity contribution in [2.75, 3.05) is 0 Å². The molecule has 0 aliphatic carbocycles. The Morgan fingerprint density at radius 2 is 2.07 bits per heavy atom. The molecular weight excluding hydrogens is 202 g/mol. The first-order chi connectivity index (χ1) is 6.56. The molecule has 0 atom stereocenters. The Morgan fingerprint density at radius 1 is 1.43 bits per heavy atom. The second-order valence-electron chi connectivity index (χ2n) is 3.15. The number of isocyanates is 1. The zero-order chi connectivity index (χ0) is 10.7. The standard InChI is InChI=1S/C9H10ClN3O/c1-5(2)7-8(11-4-14)9(10)13-6(3)12-7/h5H,1-3H3. The van der Waals surface area contributed by atoms with E-state index >= 15 is 0 Å². The first-order valence-corrected chi connectivity index (χ1v) is 4.56. The summed E-state index contributed by atoms with van der Waals surface area (Å²) in [6, 6.07) is 0. The molecule has 0 spiro atoms. The van der Waals surface area contributed by atoms with Crippen molar-refractivity contribution in [3.8, 4) is 0 Å². The maximum atomic E-state index is 10.2. The van der Waals surface area contributed by atoms with Crippen LogP contribution in [0, 0.1) is 6.92 Å². The third-order valence-electron chi connectivity index (χ3n) is 1.68. The maximum absolute atomic E-state index is 10.2. The number of hydrogen-bond acceptors (Lipinski definition) is 4. The van der Waals surface area contributed by atoms with Crippen LogP contribution in [0.1, 0.15) is 31.3 Å². The molecule has 0 radical (unpaired) electrons. The van der Waals surface area contributed by atoms with Crippen molar-refractivity contribution in [1.82, 2.24) is 9.97 Å². The Hall–Kier alpha value is -1.25. The first kappa shape index (κ1) is 10.8. The molecule has 4 nitrogen and oxygen atoms in total. The Morgan fingerprint density at radius 3 is 2.57 bits per heavy atom. The van der Waals surface area contributed by atoms with Gasteiger partial charge < -0.3 is 0 Å². The third-order valence-corrected chi connectivity index (χ3v) is 1.95. The van der Waals surface area contributed by atoms with E-state index in [2.05, 4.69) is 15.0 Å². The van der Waals surface area contributed by atoms with Gasteiger partial charge in [-0.3, -0.25) is 0 Å². The third kappa shape index (κ3) is 2.16. The highest BCUT2D eigenvalue weighted by atomic mass is 35.5. The first-order valence-electron chi connectivity index (χ1n) is 4.18. The molecule has 1 aromatic rings. The Bertz CT molecular complexity index is 397. The van der Waals surface area contributed by atoms with Crippen molar-refractivity contribution in [3.63, 3.8) is 0 Å². The molecule has 74 valence electrons. The maximum Gasteiger partial charge on any atom is 0.240 e. The largest absolute Gasteiger partial charge is 0.240 e. The smallest absolute Gasteiger partial charge is 0.236 e. The van der Waals surface area contributed by atoms with Gasteiger partial charge in [0.05, 0.1) is 5.69 Å². The van der Waals surface area contributed by atoms with Crippen LogP contribution in [0.4, 0.5) is 5.69 Å². The lowest BCUT2D eigenvalue weighted by Gasteiger charge is -2.08. The van der Waals surface area contributed by atoms with Gasteiger partial charge >= 0.3 is 0 Å². The number of aromatic nitrogens is 2. The summed E-state index contributed by atoms with van der Waals surface area (Å²) in [6.07, 6.45) is 1.45. The number of carbonyl (C=O) groups excluding carboxylic acids is 1. The normalized spacial score (nSPS) is 10.1. The van der Waals surface area contributed by atoms with Crippen LogP contribution in [0.15, 0.2) is 4.99 Å². The summed E-state index contributed by atoms with van der Waals surface area (Å²) >= 11 is 5.83. The van der Waals surface area contributed by atoms with Gasteiger partial charge in [0, 0.05) is 0 Å². The average molecular weight is 212 g/mol. The number of rotatable bonds is 2. The summed E-state index contributed by atoms with van der Waals surface area (Å²) in [7, 11) is 0. The number of halogens is 1. The molecule has 0 amide bonds. The molecule has 0 aliphatic heterocycles. The second-order valence-corrected chi connectivity index (χ2v) is 3.51. The summed E-state index contributed by atoms with van der Waals surface area (Å²) < 4.78 is 0. The van der Waals surface area contributed by atoms with E-state index in [0.29, 0.717) is 17.2 Å². The van der Waals surface area contributed by atoms with Gasteiger partial charge in [0.25, 0.3) is 0 Å². The lowest BCUT2D eigenvalue weighted by molar-refractivity contribution is 0.565. The van der Waals surface area contributed by atoms with E-state index in [1.165, 1.54) is 6.08 Å². The van der Waals surface area contributed by atoms with Crippen molar-refractivity contribution < 1.29 is 4.79 Å². The Balaban J connectivity index is 3.43. The van der Waals surface area contributed by atoms with Gasteiger partial charge in [0.1, 0.15) is 11.5 Å². The van der Waals surface area contributed by atoms with Gasteiger partial charge in [-0.25, -0.2) is 14.8 Å². The molecule has 0 aromatic carbocycles. The summed E-state index contributed by atoms with van der Waals surface area (Å²) in [5, 5.41) is 0.199. The van der Waals surface area contributed by atoms with Crippen LogP contribution in [0.2, 0.25) is 5.15 Å². The fourth-order valence-corrected chi connectivity index (χ4v) is 1.37. The van der Waals surface area contributed by atoms with E-state index in [1.54, 1.807) is 6.92 Å². The Kier molecular flexibility index (Phi) is 3.33. The number of aliphatic imine (C=N–C) groups is 1. The van der Waals surface area contributed by atoms with Crippen LogP contribution in [-0.2, 0) is 4.79 Å². The van der Waals surface area contributed by atoms with Crippen LogP contribution in [0.3, 0.4) is 0 Å². The zero-order valence-corrected chi connectivity index (χ0v) is 8.96. The fraction of sp³-hybridized carbons (Fsp3) is 0.444. The minimum Gasteiger partial charge on any atom is -0.236 e. The summed E-state index contributed by atoms with van der Waals surface area (Å²) in [5.41, 5.74) is 0.994. The van der Waals surface area contributed by atoms with Crippen molar-refractivity contribution in [1.29, 1.82) is 0 Å². The predicted octanol–water partition coefficient (Wildman–Crippen LogP) is 2.53. The zero-order valence-electron chi connectivity index (χ0n) is 8.21. The van der Waals surface area contributed by atoms with Crippen LogP contribution in [0.5, 0.6) is 0 Å². The van der Waals surface area contributed by atoms with Gasteiger partial charge in [-0.1, -0.05) is 25.4 Å². The van der Waals surface area contributed by atoms with Gasteiger partial charge in [-0.2, -0.15) is 4.99 Å². The molecule has 1 rings (SSSR count). The summed E-state index contributed by atoms with van der Waals surface area (Å²) in [5.74, 6) is 0.713. The monoisotopic (exact) mass is 211 g/mol. The van der Waals surface area contributed by atoms with Crippen LogP contribution < -0.4 is 0 Å². The average Bonchev–Trinajstić information content (AvgIpc) is 2.09. The van der Waals surface area contributed by atoms with Crippen molar-refractivity contribution in [2.24, 2.45) is 4.99 Å². The predicted molar refractivity (Wildman–Crippen MR) is 53.6 cm³/mol. The molecule has 1 aromatic heterocycles. The highest BCUT2D eigenvalue weighted by Gasteiger charge is 2.13. The van der Waals surface area contributed by atoms with Crippen molar-refractivity contribution >= 4 is 23.4 Å². The van der Waals surface area contributed by atoms with Crippen molar-refractivity contribution in [3.05, 3.63) is 16.7 Å². The highest BCUT2D eigenvalue weighted by Crippen LogP contribution is 2.30. The topological polar surface area (TPSA) is 55.2 Å². The van der Waals surface area contributed by atoms with E-state index in [1.807, 2.05) is 13.8 Å². The molecule has 0 saturated carbocycles. The quantitative estimate of drug-likeness (QED) is 0.429. The van der Waals surface area contributed by atoms with Crippen LogP contribution >= 0.6 is 11.6 Å². The minimum absolute atomic E-state index is 0.140. The molecule has 5 heteroatoms. The van der Waals surface area contributed by atoms with Crippen LogP contribution in [-0.4, -0.2) is 16.0 Å². The number of hydrogen-bond donors (Lipinski definition) is 0. The molecular formula is C9H10ClN3O. The fourth-order valence-electron chi connectivity index (χ4n) is 1.10. The SMILES string of the molecule is Cc1nc(Cl)c(N=C=O)c(C(C)C)n1. The molecule has 0 saturated heterocycles. The number of aryl methyl sites for hydroxylation is 1. The minimum atomic E-state index is 0.140. The molecule has 1 heterocycles. The van der Waals surface area contributed by atoms with Crippen LogP contribution in [0.25, 0.3) is 0 Å². The number of nitrogens with zero attached hydrogens (tertiary/aromatic N) is 3. The van der Waals surface area contributed by atoms with E-state index in [0.717, 1.165) is 0 Å². The summed E-state index contributed by atoms with van der Waals surface area (Å²) in [6.45, 7) is 5.63. The van der Waals surface area contributed by atoms with E-state index in [4.69, 9.17) is 11.6 Å². The lowest BCUT2D eigenvalue weighted by Crippen LogP contribution is -1.99. The second kappa shape index (κ2) is 4.31. The van der Waals surface area contributed by atoms with Gasteiger partial charge in [0.2, 0.25) is 6.08 Å². The lowest BCUT2D eigenvalue weighted by atomic mass is 10.1. The molecule has 0 unspecified atom stereocenters. The van der Waals surface area contributed by atoms with E-state index in [-0.39, 0.29) is 11.1 Å². The summed E-state index contributed by atoms with van der Waals surface area (Å²) in [4.78, 5) is 21.8. The van der Waals surface area contributed by atoms with E-state index in [9.17, 15) is 4.79 Å². The molecule has 0 aliphatic rings. The van der Waals surface area contributed by atoms with Gasteiger partial charge in [-0.15, -0.1) is 0 Å². The molecule has 0 N–H and O–H groups in total. The molecule has 0 bridgehead atoms. The van der Waals surface area contributed by atoms with E-state index < -0.39 is 0 Å².